The van der Waals surface area contributed by atoms with Crippen LogP contribution in [0, 0.1) is 0 Å². The molecule has 0 aromatic carbocycles. The van der Waals surface area contributed by atoms with Crippen LogP contribution in [0.4, 0.5) is 0 Å². The summed E-state index contributed by atoms with van der Waals surface area (Å²) in [4.78, 5) is 0. The van der Waals surface area contributed by atoms with Crippen LogP contribution in [0.5, 0.6) is 0 Å². The second-order valence-corrected chi connectivity index (χ2v) is 6.26. The van der Waals surface area contributed by atoms with Crippen LogP contribution in [0.2, 0.25) is 0 Å². The summed E-state index contributed by atoms with van der Waals surface area (Å²) in [6, 6.07) is 0. The molecular weight excluding hydrogens is 255 g/mol. The molecule has 1 heterocycles. The van der Waals surface area contributed by atoms with E-state index < -0.39 is 0 Å². The molecular formula is C10H12Cl2S2. The van der Waals surface area contributed by atoms with E-state index >= 15 is 0 Å². The van der Waals surface area contributed by atoms with Crippen molar-refractivity contribution in [3.8, 4) is 0 Å². The lowest BCUT2D eigenvalue weighted by Gasteiger charge is -2.09. The van der Waals surface area contributed by atoms with Gasteiger partial charge in [-0.2, -0.15) is 0 Å². The summed E-state index contributed by atoms with van der Waals surface area (Å²) in [5, 5.41) is 0.976. The first kappa shape index (κ1) is 12.6. The molecule has 1 saturated heterocycles. The van der Waals surface area contributed by atoms with Crippen molar-refractivity contribution in [2.45, 2.75) is 12.8 Å². The van der Waals surface area contributed by atoms with Gasteiger partial charge in [0.25, 0.3) is 0 Å². The van der Waals surface area contributed by atoms with Crippen molar-refractivity contribution in [3.63, 3.8) is 0 Å². The quantitative estimate of drug-likeness (QED) is 0.693. The molecule has 0 spiro atoms. The maximum atomic E-state index is 5.90. The van der Waals surface area contributed by atoms with Crippen LogP contribution in [0.3, 0.4) is 0 Å². The Labute approximate surface area is 104 Å². The Bertz CT molecular complexity index is 256. The SMILES string of the molecule is C=C(Cl)C(C(=C)Cl)=C1SCCCCS1. The molecule has 1 aliphatic heterocycles. The van der Waals surface area contributed by atoms with Crippen molar-refractivity contribution in [3.05, 3.63) is 33.0 Å². The van der Waals surface area contributed by atoms with Gasteiger partial charge in [0.1, 0.15) is 0 Å². The molecule has 0 bridgehead atoms. The zero-order chi connectivity index (χ0) is 10.6. The van der Waals surface area contributed by atoms with Gasteiger partial charge < -0.3 is 0 Å². The number of allylic oxidation sites excluding steroid dienone is 3. The van der Waals surface area contributed by atoms with Gasteiger partial charge in [-0.05, 0) is 24.3 Å². The summed E-state index contributed by atoms with van der Waals surface area (Å²) in [5.74, 6) is 2.25. The number of thioether (sulfide) groups is 2. The van der Waals surface area contributed by atoms with Crippen LogP contribution in [0.1, 0.15) is 12.8 Å². The minimum absolute atomic E-state index is 0.488. The zero-order valence-electron chi connectivity index (χ0n) is 7.82. The topological polar surface area (TPSA) is 0 Å². The number of hydrogen-bond donors (Lipinski definition) is 0. The van der Waals surface area contributed by atoms with E-state index in [1.807, 2.05) is 0 Å². The summed E-state index contributed by atoms with van der Waals surface area (Å²) in [7, 11) is 0. The lowest BCUT2D eigenvalue weighted by Crippen LogP contribution is -1.86. The lowest BCUT2D eigenvalue weighted by molar-refractivity contribution is 0.912. The molecule has 1 fully saturated rings. The zero-order valence-corrected chi connectivity index (χ0v) is 11.0. The fraction of sp³-hybridized carbons (Fsp3) is 0.400. The maximum absolute atomic E-state index is 5.90. The predicted molar refractivity (Wildman–Crippen MR) is 71.2 cm³/mol. The van der Waals surface area contributed by atoms with E-state index in [2.05, 4.69) is 13.2 Å². The first-order valence-corrected chi connectivity index (χ1v) is 7.05. The molecule has 14 heavy (non-hydrogen) atoms. The summed E-state index contributed by atoms with van der Waals surface area (Å²) in [5.41, 5.74) is 0.824. The third kappa shape index (κ3) is 3.58. The van der Waals surface area contributed by atoms with Crippen molar-refractivity contribution in [2.24, 2.45) is 0 Å². The standard InChI is InChI=1S/C10H12Cl2S2/c1-7(11)9(8(2)12)10-13-5-3-4-6-14-10/h1-6H2. The van der Waals surface area contributed by atoms with Crippen molar-refractivity contribution in [2.75, 3.05) is 11.5 Å². The normalized spacial score (nSPS) is 17.4. The van der Waals surface area contributed by atoms with Crippen LogP contribution in [-0.4, -0.2) is 11.5 Å². The van der Waals surface area contributed by atoms with Gasteiger partial charge in [0, 0.05) is 15.6 Å². The minimum Gasteiger partial charge on any atom is -0.119 e. The summed E-state index contributed by atoms with van der Waals surface area (Å²) >= 11 is 15.4. The molecule has 0 saturated carbocycles. The van der Waals surface area contributed by atoms with E-state index in [1.165, 1.54) is 17.1 Å². The van der Waals surface area contributed by atoms with Crippen molar-refractivity contribution in [1.82, 2.24) is 0 Å². The number of halogens is 2. The first-order chi connectivity index (χ1) is 6.63. The Hall–Kier alpha value is 0.500. The smallest absolute Gasteiger partial charge is 0.0503 e. The third-order valence-electron chi connectivity index (χ3n) is 1.75. The van der Waals surface area contributed by atoms with Crippen molar-refractivity contribution < 1.29 is 0 Å². The highest BCUT2D eigenvalue weighted by atomic mass is 35.5. The summed E-state index contributed by atoms with van der Waals surface area (Å²) < 4.78 is 1.17. The van der Waals surface area contributed by atoms with Gasteiger partial charge in [-0.15, -0.1) is 23.5 Å². The third-order valence-corrected chi connectivity index (χ3v) is 4.75. The van der Waals surface area contributed by atoms with Gasteiger partial charge in [-0.1, -0.05) is 36.4 Å². The lowest BCUT2D eigenvalue weighted by atomic mass is 10.3. The van der Waals surface area contributed by atoms with Gasteiger partial charge in [-0.3, -0.25) is 0 Å². The highest BCUT2D eigenvalue weighted by Crippen LogP contribution is 2.41. The average Bonchev–Trinajstić information content (AvgIpc) is 2.31. The van der Waals surface area contributed by atoms with Gasteiger partial charge in [-0.25, -0.2) is 0 Å². The van der Waals surface area contributed by atoms with Gasteiger partial charge in [0.2, 0.25) is 0 Å². The second kappa shape index (κ2) is 6.16. The van der Waals surface area contributed by atoms with E-state index in [0.717, 1.165) is 17.1 Å². The Morgan fingerprint density at radius 1 is 1.00 bits per heavy atom. The second-order valence-electron chi connectivity index (χ2n) is 2.88. The van der Waals surface area contributed by atoms with Crippen LogP contribution in [0.15, 0.2) is 33.0 Å². The van der Waals surface area contributed by atoms with E-state index in [1.54, 1.807) is 23.5 Å². The van der Waals surface area contributed by atoms with Gasteiger partial charge in [0.05, 0.1) is 4.24 Å². The number of rotatable bonds is 2. The molecule has 0 radical (unpaired) electrons. The molecule has 1 rings (SSSR count). The summed E-state index contributed by atoms with van der Waals surface area (Å²) in [6.07, 6.45) is 2.50. The molecule has 0 N–H and O–H groups in total. The molecule has 4 heteroatoms. The average molecular weight is 267 g/mol. The summed E-state index contributed by atoms with van der Waals surface area (Å²) in [6.45, 7) is 7.44. The van der Waals surface area contributed by atoms with Gasteiger partial charge in [0.15, 0.2) is 0 Å². The molecule has 78 valence electrons. The highest BCUT2D eigenvalue weighted by Gasteiger charge is 2.14. The molecule has 0 aromatic heterocycles. The fourth-order valence-corrected chi connectivity index (χ4v) is 4.46. The van der Waals surface area contributed by atoms with E-state index in [4.69, 9.17) is 23.2 Å². The molecule has 0 aliphatic carbocycles. The largest absolute Gasteiger partial charge is 0.119 e. The molecule has 0 unspecified atom stereocenters. The maximum Gasteiger partial charge on any atom is 0.0503 e. The molecule has 0 aromatic rings. The first-order valence-electron chi connectivity index (χ1n) is 4.32. The molecule has 1 aliphatic rings. The van der Waals surface area contributed by atoms with Crippen LogP contribution in [0.25, 0.3) is 0 Å². The van der Waals surface area contributed by atoms with Crippen LogP contribution >= 0.6 is 46.7 Å². The monoisotopic (exact) mass is 266 g/mol. The Morgan fingerprint density at radius 2 is 1.43 bits per heavy atom. The Balaban J connectivity index is 2.94. The molecule has 0 atom stereocenters. The predicted octanol–water partition coefficient (Wildman–Crippen LogP) is 4.96. The molecule has 0 nitrogen and oxygen atoms in total. The molecule has 0 amide bonds. The van der Waals surface area contributed by atoms with Gasteiger partial charge >= 0.3 is 0 Å². The van der Waals surface area contributed by atoms with Crippen LogP contribution in [-0.2, 0) is 0 Å². The van der Waals surface area contributed by atoms with E-state index in [-0.39, 0.29) is 0 Å². The van der Waals surface area contributed by atoms with Crippen LogP contribution < -0.4 is 0 Å². The highest BCUT2D eigenvalue weighted by molar-refractivity contribution is 8.22. The van der Waals surface area contributed by atoms with Crippen molar-refractivity contribution >= 4 is 46.7 Å². The van der Waals surface area contributed by atoms with Crippen molar-refractivity contribution in [1.29, 1.82) is 0 Å². The van der Waals surface area contributed by atoms with E-state index in [0.29, 0.717) is 10.1 Å². The minimum atomic E-state index is 0.488. The van der Waals surface area contributed by atoms with E-state index in [9.17, 15) is 0 Å². The fourth-order valence-electron chi connectivity index (χ4n) is 1.09. The number of hydrogen-bond acceptors (Lipinski definition) is 2. The Morgan fingerprint density at radius 3 is 1.79 bits per heavy atom. The Kier molecular flexibility index (Phi) is 5.53.